The Morgan fingerprint density at radius 2 is 2.00 bits per heavy atom. The molecule has 1 fully saturated rings. The van der Waals surface area contributed by atoms with Crippen LogP contribution in [0.25, 0.3) is 0 Å². The highest BCUT2D eigenvalue weighted by molar-refractivity contribution is 5.61. The maximum absolute atomic E-state index is 5.96. The van der Waals surface area contributed by atoms with E-state index in [2.05, 4.69) is 11.9 Å². The normalized spacial score (nSPS) is 17.4. The molecule has 1 aliphatic heterocycles. The van der Waals surface area contributed by atoms with E-state index in [-0.39, 0.29) is 11.2 Å². The van der Waals surface area contributed by atoms with Crippen LogP contribution in [0.15, 0.2) is 24.3 Å². The van der Waals surface area contributed by atoms with E-state index < -0.39 is 0 Å². The number of nitrogens with two attached hydrogens (primary N) is 2. The first kappa shape index (κ1) is 12.3. The zero-order valence-corrected chi connectivity index (χ0v) is 11.8. The number of hydrogen-bond donors (Lipinski definition) is 2. The molecular weight excluding hydrogens is 266 g/mol. The number of rotatable bonds is 2. The average Bonchev–Trinajstić information content (AvgIpc) is 3.12. The molecule has 0 amide bonds. The van der Waals surface area contributed by atoms with Gasteiger partial charge < -0.3 is 20.9 Å². The topological polar surface area (TPSA) is 83.4 Å². The summed E-state index contributed by atoms with van der Waals surface area (Å²) in [6.45, 7) is 2.81. The summed E-state index contributed by atoms with van der Waals surface area (Å²) in [6.07, 6.45) is 2.30. The molecule has 2 aliphatic rings. The molecule has 1 aromatic carbocycles. The summed E-state index contributed by atoms with van der Waals surface area (Å²) in [4.78, 5) is 4.17. The molecular formula is C16H17N3O2. The minimum Gasteiger partial charge on any atom is -0.492 e. The van der Waals surface area contributed by atoms with Crippen molar-refractivity contribution in [2.24, 2.45) is 0 Å². The molecule has 1 saturated carbocycles. The Balaban J connectivity index is 1.76. The first-order valence-corrected chi connectivity index (χ1v) is 7.06. The SMILES string of the molecule is Cc1ccc(Oc2ccc(N)c(N)n2)c2c1OCC21CC1. The predicted octanol–water partition coefficient (Wildman–Crippen LogP) is 2.77. The van der Waals surface area contributed by atoms with Crippen LogP contribution in [0.2, 0.25) is 0 Å². The standard InChI is InChI=1S/C16H17N3O2/c1-9-2-4-11(13-14(9)20-8-16(13)6-7-16)21-12-5-3-10(17)15(18)19-12/h2-5H,6-8,17H2,1H3,(H2,18,19). The number of ether oxygens (including phenoxy) is 2. The molecule has 0 bridgehead atoms. The lowest BCUT2D eigenvalue weighted by Gasteiger charge is -2.14. The Bertz CT molecular complexity index is 739. The third-order valence-corrected chi connectivity index (χ3v) is 4.34. The molecule has 2 heterocycles. The fraction of sp³-hybridized carbons (Fsp3) is 0.312. The van der Waals surface area contributed by atoms with Gasteiger partial charge in [0.25, 0.3) is 0 Å². The quantitative estimate of drug-likeness (QED) is 0.885. The molecule has 0 unspecified atom stereocenters. The molecule has 0 saturated heterocycles. The summed E-state index contributed by atoms with van der Waals surface area (Å²) in [5.41, 5.74) is 14.3. The van der Waals surface area contributed by atoms with Crippen LogP contribution in [-0.2, 0) is 5.41 Å². The number of aromatic nitrogens is 1. The molecule has 1 spiro atoms. The summed E-state index contributed by atoms with van der Waals surface area (Å²) in [5, 5.41) is 0. The minimum atomic E-state index is 0.149. The van der Waals surface area contributed by atoms with Crippen molar-refractivity contribution in [2.75, 3.05) is 18.1 Å². The largest absolute Gasteiger partial charge is 0.492 e. The van der Waals surface area contributed by atoms with E-state index in [9.17, 15) is 0 Å². The van der Waals surface area contributed by atoms with Crippen molar-refractivity contribution in [3.8, 4) is 17.4 Å². The van der Waals surface area contributed by atoms with Gasteiger partial charge in [-0.05, 0) is 37.5 Å². The molecule has 4 N–H and O–H groups in total. The maximum Gasteiger partial charge on any atom is 0.221 e. The first-order valence-electron chi connectivity index (χ1n) is 7.06. The zero-order chi connectivity index (χ0) is 14.6. The number of benzene rings is 1. The van der Waals surface area contributed by atoms with Gasteiger partial charge in [-0.2, -0.15) is 4.98 Å². The van der Waals surface area contributed by atoms with Gasteiger partial charge in [-0.3, -0.25) is 0 Å². The molecule has 4 rings (SSSR count). The zero-order valence-electron chi connectivity index (χ0n) is 11.8. The van der Waals surface area contributed by atoms with E-state index in [4.69, 9.17) is 20.9 Å². The van der Waals surface area contributed by atoms with Gasteiger partial charge in [-0.25, -0.2) is 0 Å². The van der Waals surface area contributed by atoms with Crippen molar-refractivity contribution in [1.82, 2.24) is 4.98 Å². The Hall–Kier alpha value is -2.43. The smallest absolute Gasteiger partial charge is 0.221 e. The Labute approximate surface area is 122 Å². The van der Waals surface area contributed by atoms with Crippen molar-refractivity contribution in [3.63, 3.8) is 0 Å². The fourth-order valence-electron chi connectivity index (χ4n) is 2.91. The van der Waals surface area contributed by atoms with Gasteiger partial charge in [0.2, 0.25) is 5.88 Å². The van der Waals surface area contributed by atoms with E-state index in [0.29, 0.717) is 11.6 Å². The van der Waals surface area contributed by atoms with Gasteiger partial charge in [0.1, 0.15) is 11.5 Å². The molecule has 1 aliphatic carbocycles. The summed E-state index contributed by atoms with van der Waals surface area (Å²) in [6, 6.07) is 7.43. The summed E-state index contributed by atoms with van der Waals surface area (Å²) >= 11 is 0. The second-order valence-electron chi connectivity index (χ2n) is 5.88. The van der Waals surface area contributed by atoms with Crippen LogP contribution in [0.5, 0.6) is 17.4 Å². The van der Waals surface area contributed by atoms with Crippen molar-refractivity contribution in [3.05, 3.63) is 35.4 Å². The summed E-state index contributed by atoms with van der Waals surface area (Å²) in [5.74, 6) is 2.51. The number of anilines is 2. The molecule has 1 aromatic heterocycles. The number of fused-ring (bicyclic) bond motifs is 2. The Kier molecular flexibility index (Phi) is 2.37. The second kappa shape index (κ2) is 4.04. The van der Waals surface area contributed by atoms with E-state index >= 15 is 0 Å². The van der Waals surface area contributed by atoms with Gasteiger partial charge >= 0.3 is 0 Å². The molecule has 2 aromatic rings. The van der Waals surface area contributed by atoms with Crippen LogP contribution >= 0.6 is 0 Å². The van der Waals surface area contributed by atoms with Crippen molar-refractivity contribution < 1.29 is 9.47 Å². The molecule has 21 heavy (non-hydrogen) atoms. The van der Waals surface area contributed by atoms with Gasteiger partial charge in [0, 0.05) is 17.0 Å². The molecule has 5 heteroatoms. The molecule has 5 nitrogen and oxygen atoms in total. The first-order chi connectivity index (χ1) is 10.1. The average molecular weight is 283 g/mol. The number of pyridine rings is 1. The third kappa shape index (κ3) is 1.81. The highest BCUT2D eigenvalue weighted by atomic mass is 16.5. The van der Waals surface area contributed by atoms with Gasteiger partial charge in [0.15, 0.2) is 5.82 Å². The van der Waals surface area contributed by atoms with E-state index in [1.807, 2.05) is 12.1 Å². The van der Waals surface area contributed by atoms with Gasteiger partial charge in [-0.15, -0.1) is 0 Å². The highest BCUT2D eigenvalue weighted by Gasteiger charge is 2.53. The van der Waals surface area contributed by atoms with Gasteiger partial charge in [0.05, 0.1) is 12.3 Å². The van der Waals surface area contributed by atoms with Crippen LogP contribution in [-0.4, -0.2) is 11.6 Å². The third-order valence-electron chi connectivity index (χ3n) is 4.34. The van der Waals surface area contributed by atoms with Crippen LogP contribution in [0.1, 0.15) is 24.0 Å². The summed E-state index contributed by atoms with van der Waals surface area (Å²) < 4.78 is 11.8. The number of hydrogen-bond acceptors (Lipinski definition) is 5. The summed E-state index contributed by atoms with van der Waals surface area (Å²) in [7, 11) is 0. The fourth-order valence-corrected chi connectivity index (χ4v) is 2.91. The molecule has 0 radical (unpaired) electrons. The van der Waals surface area contributed by atoms with E-state index in [0.717, 1.165) is 36.5 Å². The molecule has 108 valence electrons. The minimum absolute atomic E-state index is 0.149. The lowest BCUT2D eigenvalue weighted by molar-refractivity contribution is 0.322. The Morgan fingerprint density at radius 1 is 1.19 bits per heavy atom. The predicted molar refractivity (Wildman–Crippen MR) is 80.7 cm³/mol. The van der Waals surface area contributed by atoms with Crippen LogP contribution in [0.4, 0.5) is 11.5 Å². The number of nitrogens with zero attached hydrogens (tertiary/aromatic N) is 1. The van der Waals surface area contributed by atoms with Crippen LogP contribution < -0.4 is 20.9 Å². The van der Waals surface area contributed by atoms with E-state index in [1.54, 1.807) is 12.1 Å². The van der Waals surface area contributed by atoms with Crippen molar-refractivity contribution >= 4 is 11.5 Å². The Morgan fingerprint density at radius 3 is 2.71 bits per heavy atom. The monoisotopic (exact) mass is 283 g/mol. The van der Waals surface area contributed by atoms with E-state index in [1.165, 1.54) is 5.56 Å². The maximum atomic E-state index is 5.96. The number of aryl methyl sites for hydroxylation is 1. The van der Waals surface area contributed by atoms with Gasteiger partial charge in [-0.1, -0.05) is 6.07 Å². The lowest BCUT2D eigenvalue weighted by atomic mass is 9.95. The number of nitrogen functional groups attached to an aromatic ring is 2. The lowest BCUT2D eigenvalue weighted by Crippen LogP contribution is -2.08. The van der Waals surface area contributed by atoms with Crippen LogP contribution in [0.3, 0.4) is 0 Å². The van der Waals surface area contributed by atoms with Crippen molar-refractivity contribution in [2.45, 2.75) is 25.2 Å². The van der Waals surface area contributed by atoms with Crippen molar-refractivity contribution in [1.29, 1.82) is 0 Å². The highest BCUT2D eigenvalue weighted by Crippen LogP contribution is 2.59. The van der Waals surface area contributed by atoms with Crippen LogP contribution in [0, 0.1) is 6.92 Å². The second-order valence-corrected chi connectivity index (χ2v) is 5.88. The molecule has 0 atom stereocenters.